The van der Waals surface area contributed by atoms with Crippen LogP contribution in [0, 0.1) is 11.6 Å². The molecule has 1 aliphatic heterocycles. The first-order valence-corrected chi connectivity index (χ1v) is 17.5. The van der Waals surface area contributed by atoms with Gasteiger partial charge >= 0.3 is 0 Å². The number of methoxy groups -OCH3 is 1. The van der Waals surface area contributed by atoms with Gasteiger partial charge in [-0.2, -0.15) is 0 Å². The van der Waals surface area contributed by atoms with E-state index in [-0.39, 0.29) is 23.5 Å². The van der Waals surface area contributed by atoms with Crippen LogP contribution in [0.4, 0.5) is 14.7 Å². The molecule has 52 heavy (non-hydrogen) atoms. The molecular weight excluding hydrogens is 664 g/mol. The van der Waals surface area contributed by atoms with Gasteiger partial charge in [0, 0.05) is 39.1 Å². The summed E-state index contributed by atoms with van der Waals surface area (Å²) >= 11 is 0. The number of rotatable bonds is 12. The van der Waals surface area contributed by atoms with Crippen molar-refractivity contribution < 1.29 is 18.3 Å². The minimum Gasteiger partial charge on any atom is -0.496 e. The van der Waals surface area contributed by atoms with Crippen molar-refractivity contribution in [2.45, 2.75) is 25.3 Å². The molecule has 1 saturated heterocycles. The molecule has 268 valence electrons. The highest BCUT2D eigenvalue weighted by atomic mass is 19.1. The van der Waals surface area contributed by atoms with Crippen molar-refractivity contribution in [2.24, 2.45) is 0 Å². The van der Waals surface area contributed by atoms with Gasteiger partial charge in [-0.25, -0.2) is 18.4 Å². The summed E-state index contributed by atoms with van der Waals surface area (Å²) in [5, 5.41) is 11.4. The summed E-state index contributed by atoms with van der Waals surface area (Å²) in [6, 6.07) is 26.6. The summed E-state index contributed by atoms with van der Waals surface area (Å²) in [6.45, 7) is 5.23. The molecule has 0 radical (unpaired) electrons. The fourth-order valence-corrected chi connectivity index (χ4v) is 6.97. The number of carbonyl (C=O) groups excluding carboxylic acids is 1. The molecule has 0 saturated carbocycles. The fraction of sp³-hybridized carbons (Fsp3) is 0.308. The zero-order chi connectivity index (χ0) is 36.0. The Morgan fingerprint density at radius 1 is 0.923 bits per heavy atom. The van der Waals surface area contributed by atoms with Crippen molar-refractivity contribution in [2.75, 3.05) is 58.3 Å². The van der Waals surface area contributed by atoms with Crippen molar-refractivity contribution in [3.05, 3.63) is 126 Å². The zero-order valence-electron chi connectivity index (χ0n) is 29.3. The lowest BCUT2D eigenvalue weighted by atomic mass is 9.94. The van der Waals surface area contributed by atoms with Crippen molar-refractivity contribution in [1.29, 1.82) is 0 Å². The molecule has 3 heterocycles. The van der Waals surface area contributed by atoms with Crippen LogP contribution in [0.25, 0.3) is 16.7 Å². The monoisotopic (exact) mass is 705 g/mol. The predicted molar refractivity (Wildman–Crippen MR) is 195 cm³/mol. The minimum absolute atomic E-state index is 0.0393. The number of ether oxygens (including phenoxy) is 1. The molecule has 2 aromatic heterocycles. The molecule has 0 bridgehead atoms. The Labute approximate surface area is 301 Å². The van der Waals surface area contributed by atoms with Gasteiger partial charge in [0.2, 0.25) is 5.95 Å². The van der Waals surface area contributed by atoms with Gasteiger partial charge in [-0.3, -0.25) is 4.79 Å². The van der Waals surface area contributed by atoms with Crippen LogP contribution in [0.5, 0.6) is 5.75 Å². The van der Waals surface area contributed by atoms with Crippen LogP contribution >= 0.6 is 0 Å². The number of hydrogen-bond acceptors (Lipinski definition) is 8. The lowest BCUT2D eigenvalue weighted by molar-refractivity contribution is 0.0779. The first-order chi connectivity index (χ1) is 25.4. The van der Waals surface area contributed by atoms with Crippen LogP contribution < -0.4 is 9.64 Å². The van der Waals surface area contributed by atoms with E-state index in [0.717, 1.165) is 73.7 Å². The van der Waals surface area contributed by atoms with Crippen LogP contribution in [0.1, 0.15) is 40.2 Å². The fourth-order valence-electron chi connectivity index (χ4n) is 6.97. The summed E-state index contributed by atoms with van der Waals surface area (Å²) in [7, 11) is 3.32. The maximum absolute atomic E-state index is 14.0. The highest BCUT2D eigenvalue weighted by Gasteiger charge is 2.25. The van der Waals surface area contributed by atoms with Gasteiger partial charge in [0.05, 0.1) is 35.9 Å². The van der Waals surface area contributed by atoms with Crippen LogP contribution in [0.2, 0.25) is 0 Å². The third-order valence-corrected chi connectivity index (χ3v) is 9.76. The Kier molecular flexibility index (Phi) is 10.5. The Morgan fingerprint density at radius 3 is 2.44 bits per heavy atom. The first kappa shape index (κ1) is 34.7. The molecule has 0 aliphatic carbocycles. The van der Waals surface area contributed by atoms with E-state index < -0.39 is 0 Å². The number of benzene rings is 4. The van der Waals surface area contributed by atoms with Gasteiger partial charge in [-0.1, -0.05) is 36.4 Å². The smallest absolute Gasteiger partial charge is 0.257 e. The second-order valence-electron chi connectivity index (χ2n) is 13.2. The summed E-state index contributed by atoms with van der Waals surface area (Å²) in [5.41, 5.74) is 5.00. The number of hydrogen-bond donors (Lipinski definition) is 0. The predicted octanol–water partition coefficient (Wildman–Crippen LogP) is 5.81. The van der Waals surface area contributed by atoms with Crippen LogP contribution in [-0.2, 0) is 6.54 Å². The lowest BCUT2D eigenvalue weighted by Crippen LogP contribution is -2.35. The van der Waals surface area contributed by atoms with Crippen molar-refractivity contribution in [3.63, 3.8) is 0 Å². The number of para-hydroxylation sites is 2. The molecule has 1 atom stereocenters. The van der Waals surface area contributed by atoms with Crippen LogP contribution in [-0.4, -0.2) is 98.9 Å². The first-order valence-electron chi connectivity index (χ1n) is 17.5. The van der Waals surface area contributed by atoms with E-state index in [1.54, 1.807) is 30.1 Å². The summed E-state index contributed by atoms with van der Waals surface area (Å²) in [6.07, 6.45) is 3.20. The molecule has 7 rings (SSSR count). The maximum atomic E-state index is 14.0. The molecule has 4 aromatic carbocycles. The summed E-state index contributed by atoms with van der Waals surface area (Å²) in [5.74, 6) is 0.576. The number of fused-ring (bicyclic) bond motifs is 1. The largest absolute Gasteiger partial charge is 0.496 e. The van der Waals surface area contributed by atoms with E-state index in [4.69, 9.17) is 9.72 Å². The average molecular weight is 706 g/mol. The average Bonchev–Trinajstić information content (AvgIpc) is 3.77. The van der Waals surface area contributed by atoms with Crippen molar-refractivity contribution >= 4 is 22.9 Å². The number of nitrogens with zero attached hydrogens (tertiary/aromatic N) is 9. The molecule has 1 aliphatic rings. The topological polar surface area (TPSA) is 97.4 Å². The van der Waals surface area contributed by atoms with E-state index in [1.807, 2.05) is 42.5 Å². The Morgan fingerprint density at radius 2 is 1.69 bits per heavy atom. The number of halogens is 2. The third kappa shape index (κ3) is 7.79. The quantitative estimate of drug-likeness (QED) is 0.158. The van der Waals surface area contributed by atoms with Crippen molar-refractivity contribution in [1.82, 2.24) is 39.6 Å². The number of anilines is 1. The lowest BCUT2D eigenvalue weighted by Gasteiger charge is -2.28. The minimum atomic E-state index is -0.297. The molecular formula is C39H41F2N9O2. The van der Waals surface area contributed by atoms with Gasteiger partial charge in [-0.15, -0.1) is 5.10 Å². The van der Waals surface area contributed by atoms with Gasteiger partial charge in [-0.05, 0) is 102 Å². The Bertz CT molecular complexity index is 2100. The molecule has 6 aromatic rings. The van der Waals surface area contributed by atoms with E-state index in [1.165, 1.54) is 42.4 Å². The molecule has 0 spiro atoms. The van der Waals surface area contributed by atoms with Crippen LogP contribution in [0.3, 0.4) is 0 Å². The van der Waals surface area contributed by atoms with E-state index in [9.17, 15) is 13.6 Å². The number of amides is 1. The van der Waals surface area contributed by atoms with E-state index in [0.29, 0.717) is 30.1 Å². The normalized spacial score (nSPS) is 14.3. The number of imidazole rings is 1. The molecule has 13 heteroatoms. The van der Waals surface area contributed by atoms with E-state index in [2.05, 4.69) is 36.0 Å². The van der Waals surface area contributed by atoms with Gasteiger partial charge in [0.25, 0.3) is 5.91 Å². The number of tetrazole rings is 1. The number of carbonyl (C=O) groups is 1. The number of aromatic nitrogens is 6. The maximum Gasteiger partial charge on any atom is 0.257 e. The summed E-state index contributed by atoms with van der Waals surface area (Å²) < 4.78 is 36.9. The summed E-state index contributed by atoms with van der Waals surface area (Å²) in [4.78, 5) is 25.5. The second-order valence-corrected chi connectivity index (χ2v) is 13.2. The van der Waals surface area contributed by atoms with Crippen LogP contribution in [0.15, 0.2) is 97.3 Å². The van der Waals surface area contributed by atoms with Gasteiger partial charge < -0.3 is 24.0 Å². The third-order valence-electron chi connectivity index (χ3n) is 9.76. The molecule has 1 fully saturated rings. The SMILES string of the molecule is COc1ccc(-n2cnnn2)cc1C(=O)N(C)C[C@H](CCN1CCCN(c2nc3ccccc3n2Cc2ccc(F)cc2)CC1)c1ccc(F)cc1. The second kappa shape index (κ2) is 15.7. The van der Waals surface area contributed by atoms with Crippen molar-refractivity contribution in [3.8, 4) is 11.4 Å². The molecule has 0 N–H and O–H groups in total. The van der Waals surface area contributed by atoms with Gasteiger partial charge in [0.15, 0.2) is 0 Å². The molecule has 1 amide bonds. The number of likely N-dealkylation sites (N-methyl/N-ethyl adjacent to an activating group) is 1. The highest BCUT2D eigenvalue weighted by Crippen LogP contribution is 2.28. The van der Waals surface area contributed by atoms with Gasteiger partial charge in [0.1, 0.15) is 23.7 Å². The van der Waals surface area contributed by atoms with E-state index >= 15 is 0 Å². The Hall–Kier alpha value is -5.69. The standard InChI is InChI=1S/C39H41F2N9O2/c1-46(38(51)34-24-33(16-17-37(34)52-2)50-27-42-44-45-50)26-30(29-10-14-32(41)15-11-29)18-21-47-19-5-20-48(23-22-47)39-43-35-6-3-4-7-36(35)49(39)25-28-8-12-31(40)13-9-28/h3-4,6-17,24,27,30H,5,18-23,25-26H2,1-2H3/t30-/m0/s1. The zero-order valence-corrected chi connectivity index (χ0v) is 29.3. The molecule has 0 unspecified atom stereocenters. The highest BCUT2D eigenvalue weighted by molar-refractivity contribution is 5.97. The Balaban J connectivity index is 1.05. The molecule has 11 nitrogen and oxygen atoms in total.